The largest absolute Gasteiger partial charge is 0.489 e. The molecule has 0 amide bonds. The number of aromatic amines is 1. The molecule has 1 aromatic heterocycles. The maximum Gasteiger partial charge on any atom is 0.161 e. The SMILES string of the molecule is CC(C)COc1ccccc1OCCNC(C)(C)Cc1c[nH]c2ccccc12.Cl. The summed E-state index contributed by atoms with van der Waals surface area (Å²) in [6, 6.07) is 16.3. The molecule has 0 aliphatic carbocycles. The lowest BCUT2D eigenvalue weighted by molar-refractivity contribution is 0.238. The fourth-order valence-electron chi connectivity index (χ4n) is 3.31. The summed E-state index contributed by atoms with van der Waals surface area (Å²) in [5.41, 5.74) is 2.50. The van der Waals surface area contributed by atoms with Crippen molar-refractivity contribution in [2.45, 2.75) is 39.7 Å². The Balaban J connectivity index is 0.00000300. The van der Waals surface area contributed by atoms with Crippen LogP contribution in [0.15, 0.2) is 54.7 Å². The highest BCUT2D eigenvalue weighted by molar-refractivity contribution is 5.85. The van der Waals surface area contributed by atoms with E-state index in [0.29, 0.717) is 19.1 Å². The summed E-state index contributed by atoms with van der Waals surface area (Å²) in [5.74, 6) is 2.11. The molecule has 0 fully saturated rings. The molecule has 5 heteroatoms. The first-order valence-corrected chi connectivity index (χ1v) is 10.1. The Kier molecular flexibility index (Phi) is 8.42. The molecular formula is C24H33ClN2O2. The van der Waals surface area contributed by atoms with E-state index in [0.717, 1.165) is 24.5 Å². The van der Waals surface area contributed by atoms with Gasteiger partial charge in [-0.3, -0.25) is 0 Å². The van der Waals surface area contributed by atoms with E-state index in [4.69, 9.17) is 9.47 Å². The molecule has 0 bridgehead atoms. The van der Waals surface area contributed by atoms with Gasteiger partial charge in [0.2, 0.25) is 0 Å². The zero-order valence-electron chi connectivity index (χ0n) is 17.8. The van der Waals surface area contributed by atoms with E-state index in [-0.39, 0.29) is 17.9 Å². The van der Waals surface area contributed by atoms with Crippen molar-refractivity contribution in [2.75, 3.05) is 19.8 Å². The molecule has 29 heavy (non-hydrogen) atoms. The molecule has 2 aromatic carbocycles. The fourth-order valence-corrected chi connectivity index (χ4v) is 3.31. The van der Waals surface area contributed by atoms with E-state index in [1.165, 1.54) is 16.5 Å². The summed E-state index contributed by atoms with van der Waals surface area (Å²) >= 11 is 0. The van der Waals surface area contributed by atoms with E-state index < -0.39 is 0 Å². The third-order valence-electron chi connectivity index (χ3n) is 4.69. The molecule has 0 aliphatic heterocycles. The monoisotopic (exact) mass is 416 g/mol. The number of rotatable bonds is 10. The number of aromatic nitrogens is 1. The van der Waals surface area contributed by atoms with Crippen LogP contribution >= 0.6 is 12.4 Å². The van der Waals surface area contributed by atoms with E-state index >= 15 is 0 Å². The average molecular weight is 417 g/mol. The molecule has 0 saturated carbocycles. The third kappa shape index (κ3) is 6.69. The highest BCUT2D eigenvalue weighted by Crippen LogP contribution is 2.27. The number of halogens is 1. The minimum Gasteiger partial charge on any atom is -0.489 e. The summed E-state index contributed by atoms with van der Waals surface area (Å²) in [7, 11) is 0. The van der Waals surface area contributed by atoms with Gasteiger partial charge in [-0.1, -0.05) is 44.2 Å². The van der Waals surface area contributed by atoms with Crippen LogP contribution in [0.25, 0.3) is 10.9 Å². The second-order valence-electron chi connectivity index (χ2n) is 8.35. The van der Waals surface area contributed by atoms with Crippen molar-refractivity contribution < 1.29 is 9.47 Å². The Morgan fingerprint density at radius 3 is 2.34 bits per heavy atom. The van der Waals surface area contributed by atoms with Gasteiger partial charge in [0.05, 0.1) is 6.61 Å². The van der Waals surface area contributed by atoms with Gasteiger partial charge in [0.15, 0.2) is 11.5 Å². The van der Waals surface area contributed by atoms with Crippen LogP contribution in [-0.2, 0) is 6.42 Å². The molecule has 0 spiro atoms. The molecule has 0 unspecified atom stereocenters. The number of para-hydroxylation sites is 3. The molecular weight excluding hydrogens is 384 g/mol. The molecule has 3 aromatic rings. The zero-order chi connectivity index (χ0) is 20.0. The molecule has 2 N–H and O–H groups in total. The van der Waals surface area contributed by atoms with Gasteiger partial charge in [0.1, 0.15) is 6.61 Å². The van der Waals surface area contributed by atoms with Gasteiger partial charge >= 0.3 is 0 Å². The predicted octanol–water partition coefficient (Wildman–Crippen LogP) is 5.61. The van der Waals surface area contributed by atoms with Gasteiger partial charge < -0.3 is 19.8 Å². The summed E-state index contributed by atoms with van der Waals surface area (Å²) < 4.78 is 11.8. The molecule has 158 valence electrons. The van der Waals surface area contributed by atoms with Crippen molar-refractivity contribution in [3.05, 3.63) is 60.3 Å². The van der Waals surface area contributed by atoms with Crippen LogP contribution in [0, 0.1) is 5.92 Å². The van der Waals surface area contributed by atoms with Crippen LogP contribution in [0.1, 0.15) is 33.3 Å². The second kappa shape index (κ2) is 10.6. The summed E-state index contributed by atoms with van der Waals surface area (Å²) in [5, 5.41) is 4.92. The summed E-state index contributed by atoms with van der Waals surface area (Å²) in [6.07, 6.45) is 3.07. The number of hydrogen-bond acceptors (Lipinski definition) is 3. The Labute approximate surface area is 180 Å². The molecule has 0 atom stereocenters. The number of nitrogens with one attached hydrogen (secondary N) is 2. The number of H-pyrrole nitrogens is 1. The number of fused-ring (bicyclic) bond motifs is 1. The number of ether oxygens (including phenoxy) is 2. The van der Waals surface area contributed by atoms with Crippen molar-refractivity contribution in [2.24, 2.45) is 5.92 Å². The van der Waals surface area contributed by atoms with Crippen molar-refractivity contribution in [3.8, 4) is 11.5 Å². The Morgan fingerprint density at radius 1 is 0.966 bits per heavy atom. The lowest BCUT2D eigenvalue weighted by Crippen LogP contribution is -2.43. The quantitative estimate of drug-likeness (QED) is 0.422. The average Bonchev–Trinajstić information content (AvgIpc) is 3.06. The van der Waals surface area contributed by atoms with E-state index in [1.54, 1.807) is 0 Å². The van der Waals surface area contributed by atoms with Gasteiger partial charge in [-0.2, -0.15) is 0 Å². The standard InChI is InChI=1S/C24H32N2O2.ClH/c1-18(2)17-28-23-12-8-7-11-22(23)27-14-13-26-24(3,4)15-19-16-25-21-10-6-5-9-20(19)21;/h5-12,16,18,25-26H,13-15,17H2,1-4H3;1H. The minimum atomic E-state index is -0.0258. The Bertz CT molecular complexity index is 889. The van der Waals surface area contributed by atoms with Crippen LogP contribution in [0.3, 0.4) is 0 Å². The molecule has 3 rings (SSSR count). The smallest absolute Gasteiger partial charge is 0.161 e. The molecule has 1 heterocycles. The highest BCUT2D eigenvalue weighted by Gasteiger charge is 2.19. The van der Waals surface area contributed by atoms with Gasteiger partial charge in [0, 0.05) is 29.2 Å². The third-order valence-corrected chi connectivity index (χ3v) is 4.69. The van der Waals surface area contributed by atoms with Gasteiger partial charge in [-0.05, 0) is 49.9 Å². The van der Waals surface area contributed by atoms with Crippen molar-refractivity contribution in [1.29, 1.82) is 0 Å². The van der Waals surface area contributed by atoms with Crippen LogP contribution in [0.2, 0.25) is 0 Å². The normalized spacial score (nSPS) is 11.5. The highest BCUT2D eigenvalue weighted by atomic mass is 35.5. The van der Waals surface area contributed by atoms with Crippen LogP contribution in [0.5, 0.6) is 11.5 Å². The summed E-state index contributed by atoms with van der Waals surface area (Å²) in [6.45, 7) is 10.8. The first kappa shape index (κ1) is 23.1. The van der Waals surface area contributed by atoms with E-state index in [9.17, 15) is 0 Å². The summed E-state index contributed by atoms with van der Waals surface area (Å²) in [4.78, 5) is 3.36. The van der Waals surface area contributed by atoms with Gasteiger partial charge in [-0.25, -0.2) is 0 Å². The van der Waals surface area contributed by atoms with Crippen LogP contribution in [0.4, 0.5) is 0 Å². The van der Waals surface area contributed by atoms with Crippen molar-refractivity contribution >= 4 is 23.3 Å². The van der Waals surface area contributed by atoms with Crippen LogP contribution in [-0.4, -0.2) is 30.3 Å². The molecule has 0 aliphatic rings. The minimum absolute atomic E-state index is 0. The maximum atomic E-state index is 5.98. The van der Waals surface area contributed by atoms with Crippen LogP contribution < -0.4 is 14.8 Å². The van der Waals surface area contributed by atoms with Gasteiger partial charge in [0.25, 0.3) is 0 Å². The molecule has 4 nitrogen and oxygen atoms in total. The zero-order valence-corrected chi connectivity index (χ0v) is 18.6. The predicted molar refractivity (Wildman–Crippen MR) is 124 cm³/mol. The maximum absolute atomic E-state index is 5.98. The second-order valence-corrected chi connectivity index (χ2v) is 8.35. The van der Waals surface area contributed by atoms with Gasteiger partial charge in [-0.15, -0.1) is 12.4 Å². The van der Waals surface area contributed by atoms with Crippen molar-refractivity contribution in [3.63, 3.8) is 0 Å². The molecule has 0 radical (unpaired) electrons. The Hall–Kier alpha value is -2.17. The van der Waals surface area contributed by atoms with Crippen molar-refractivity contribution in [1.82, 2.24) is 10.3 Å². The van der Waals surface area contributed by atoms with E-state index in [1.807, 2.05) is 24.3 Å². The Morgan fingerprint density at radius 2 is 1.62 bits per heavy atom. The number of benzene rings is 2. The lowest BCUT2D eigenvalue weighted by atomic mass is 9.94. The fraction of sp³-hybridized carbons (Fsp3) is 0.417. The first-order valence-electron chi connectivity index (χ1n) is 10.1. The molecule has 0 saturated heterocycles. The van der Waals surface area contributed by atoms with E-state index in [2.05, 4.69) is 68.5 Å². The topological polar surface area (TPSA) is 46.3 Å². The number of hydrogen-bond donors (Lipinski definition) is 2. The lowest BCUT2D eigenvalue weighted by Gasteiger charge is -2.26. The first-order chi connectivity index (χ1) is 13.4.